The number of carbonyl (C=O) groups excluding carboxylic acids is 1. The van der Waals surface area contributed by atoms with Gasteiger partial charge in [0, 0.05) is 32.2 Å². The molecular weight excluding hydrogens is 359 g/mol. The number of carbonyl (C=O) groups is 1. The lowest BCUT2D eigenvalue weighted by atomic mass is 9.98. The predicted octanol–water partition coefficient (Wildman–Crippen LogP) is 3.29. The molecule has 0 unspecified atom stereocenters. The smallest absolute Gasteiger partial charge is 0.256 e. The standard InChI is InChI=1S/C21H25FN4O2/c22-18-9-5-4-8-17(18)21(27)26-14-12-25(13-15-26)19-10-11-20(24-23-19)28-16-6-2-1-3-7-16/h4-5,8-11,16H,1-3,6-7,12-15H2. The number of rotatable bonds is 4. The van der Waals surface area contributed by atoms with Gasteiger partial charge >= 0.3 is 0 Å². The summed E-state index contributed by atoms with van der Waals surface area (Å²) in [6, 6.07) is 9.90. The van der Waals surface area contributed by atoms with E-state index < -0.39 is 5.82 Å². The lowest BCUT2D eigenvalue weighted by molar-refractivity contribution is 0.0742. The third-order valence-corrected chi connectivity index (χ3v) is 5.46. The molecule has 1 aliphatic heterocycles. The Labute approximate surface area is 164 Å². The van der Waals surface area contributed by atoms with Gasteiger partial charge in [0.2, 0.25) is 5.88 Å². The van der Waals surface area contributed by atoms with Crippen molar-refractivity contribution in [2.45, 2.75) is 38.2 Å². The van der Waals surface area contributed by atoms with Crippen LogP contribution >= 0.6 is 0 Å². The number of ether oxygens (including phenoxy) is 1. The SMILES string of the molecule is O=C(c1ccccc1F)N1CCN(c2ccc(OC3CCCCC3)nn2)CC1. The fraction of sp³-hybridized carbons (Fsp3) is 0.476. The molecule has 0 radical (unpaired) electrons. The largest absolute Gasteiger partial charge is 0.473 e. The molecule has 0 spiro atoms. The summed E-state index contributed by atoms with van der Waals surface area (Å²) >= 11 is 0. The molecule has 0 N–H and O–H groups in total. The molecule has 1 aliphatic carbocycles. The van der Waals surface area contributed by atoms with E-state index in [9.17, 15) is 9.18 Å². The first-order valence-electron chi connectivity index (χ1n) is 10.00. The molecule has 7 heteroatoms. The molecule has 2 fully saturated rings. The second kappa shape index (κ2) is 8.54. The van der Waals surface area contributed by atoms with Gasteiger partial charge < -0.3 is 14.5 Å². The summed E-state index contributed by atoms with van der Waals surface area (Å²) in [7, 11) is 0. The zero-order chi connectivity index (χ0) is 19.3. The van der Waals surface area contributed by atoms with Gasteiger partial charge in [-0.05, 0) is 43.9 Å². The molecule has 1 aromatic heterocycles. The average molecular weight is 384 g/mol. The summed E-state index contributed by atoms with van der Waals surface area (Å²) in [6.45, 7) is 2.32. The second-order valence-corrected chi connectivity index (χ2v) is 7.37. The molecule has 2 aromatic rings. The molecule has 148 valence electrons. The third kappa shape index (κ3) is 4.24. The molecule has 1 amide bonds. The van der Waals surface area contributed by atoms with Crippen LogP contribution in [-0.2, 0) is 0 Å². The molecule has 28 heavy (non-hydrogen) atoms. The van der Waals surface area contributed by atoms with Gasteiger partial charge in [-0.25, -0.2) is 4.39 Å². The van der Waals surface area contributed by atoms with E-state index in [4.69, 9.17) is 4.74 Å². The van der Waals surface area contributed by atoms with Crippen LogP contribution in [-0.4, -0.2) is 53.3 Å². The minimum Gasteiger partial charge on any atom is -0.473 e. The van der Waals surface area contributed by atoms with E-state index in [-0.39, 0.29) is 17.6 Å². The van der Waals surface area contributed by atoms with Crippen molar-refractivity contribution in [1.82, 2.24) is 15.1 Å². The number of amides is 1. The highest BCUT2D eigenvalue weighted by Crippen LogP contribution is 2.23. The van der Waals surface area contributed by atoms with Crippen molar-refractivity contribution in [1.29, 1.82) is 0 Å². The summed E-state index contributed by atoms with van der Waals surface area (Å²) in [5.74, 6) is 0.604. The lowest BCUT2D eigenvalue weighted by Gasteiger charge is -2.35. The number of aromatic nitrogens is 2. The normalized spacial score (nSPS) is 18.2. The van der Waals surface area contributed by atoms with E-state index >= 15 is 0 Å². The first kappa shape index (κ1) is 18.7. The van der Waals surface area contributed by atoms with E-state index in [0.717, 1.165) is 18.7 Å². The van der Waals surface area contributed by atoms with Gasteiger partial charge in [0.15, 0.2) is 5.82 Å². The molecule has 2 heterocycles. The van der Waals surface area contributed by atoms with Crippen LogP contribution in [0.1, 0.15) is 42.5 Å². The van der Waals surface area contributed by atoms with Gasteiger partial charge in [0.25, 0.3) is 5.91 Å². The maximum atomic E-state index is 13.9. The average Bonchev–Trinajstić information content (AvgIpc) is 2.75. The van der Waals surface area contributed by atoms with Crippen LogP contribution in [0.4, 0.5) is 10.2 Å². The maximum Gasteiger partial charge on any atom is 0.256 e. The highest BCUT2D eigenvalue weighted by Gasteiger charge is 2.25. The Morgan fingerprint density at radius 3 is 2.39 bits per heavy atom. The minimum absolute atomic E-state index is 0.125. The molecule has 2 aliphatic rings. The number of nitrogens with zero attached hydrogens (tertiary/aromatic N) is 4. The Morgan fingerprint density at radius 2 is 1.71 bits per heavy atom. The van der Waals surface area contributed by atoms with Crippen LogP contribution in [0.25, 0.3) is 0 Å². The van der Waals surface area contributed by atoms with E-state index in [1.54, 1.807) is 17.0 Å². The zero-order valence-electron chi connectivity index (χ0n) is 15.9. The van der Waals surface area contributed by atoms with Crippen molar-refractivity contribution in [3.8, 4) is 5.88 Å². The quantitative estimate of drug-likeness (QED) is 0.810. The third-order valence-electron chi connectivity index (χ3n) is 5.46. The van der Waals surface area contributed by atoms with Crippen molar-refractivity contribution in [3.63, 3.8) is 0 Å². The van der Waals surface area contributed by atoms with Crippen LogP contribution in [0.15, 0.2) is 36.4 Å². The van der Waals surface area contributed by atoms with Gasteiger partial charge in [0.05, 0.1) is 5.56 Å². The number of hydrogen-bond acceptors (Lipinski definition) is 5. The first-order valence-corrected chi connectivity index (χ1v) is 10.00. The Kier molecular flexibility index (Phi) is 5.69. The molecule has 0 bridgehead atoms. The highest BCUT2D eigenvalue weighted by atomic mass is 19.1. The molecule has 6 nitrogen and oxygen atoms in total. The monoisotopic (exact) mass is 384 g/mol. The molecule has 1 aromatic carbocycles. The predicted molar refractivity (Wildman–Crippen MR) is 104 cm³/mol. The summed E-state index contributed by atoms with van der Waals surface area (Å²) < 4.78 is 19.8. The highest BCUT2D eigenvalue weighted by molar-refractivity contribution is 5.94. The summed E-state index contributed by atoms with van der Waals surface area (Å²) in [5, 5.41) is 8.51. The number of anilines is 1. The molecule has 1 saturated carbocycles. The molecular formula is C21H25FN4O2. The topological polar surface area (TPSA) is 58.6 Å². The van der Waals surface area contributed by atoms with Crippen molar-refractivity contribution in [2.75, 3.05) is 31.1 Å². The summed E-state index contributed by atoms with van der Waals surface area (Å²) in [4.78, 5) is 16.3. The van der Waals surface area contributed by atoms with Gasteiger partial charge in [-0.3, -0.25) is 4.79 Å². The number of piperazine rings is 1. The molecule has 4 rings (SSSR count). The van der Waals surface area contributed by atoms with Crippen LogP contribution in [0.3, 0.4) is 0 Å². The maximum absolute atomic E-state index is 13.9. The summed E-state index contributed by atoms with van der Waals surface area (Å²) in [5.41, 5.74) is 0.125. The van der Waals surface area contributed by atoms with Crippen molar-refractivity contribution < 1.29 is 13.9 Å². The van der Waals surface area contributed by atoms with Crippen LogP contribution < -0.4 is 9.64 Å². The van der Waals surface area contributed by atoms with Crippen LogP contribution in [0.5, 0.6) is 5.88 Å². The first-order chi connectivity index (χ1) is 13.7. The number of benzene rings is 1. The van der Waals surface area contributed by atoms with E-state index in [1.165, 1.54) is 31.4 Å². The zero-order valence-corrected chi connectivity index (χ0v) is 15.9. The van der Waals surface area contributed by atoms with Crippen molar-refractivity contribution in [3.05, 3.63) is 47.8 Å². The van der Waals surface area contributed by atoms with Gasteiger partial charge in [-0.1, -0.05) is 18.6 Å². The van der Waals surface area contributed by atoms with Gasteiger partial charge in [0.1, 0.15) is 11.9 Å². The lowest BCUT2D eigenvalue weighted by Crippen LogP contribution is -2.49. The number of hydrogen-bond donors (Lipinski definition) is 0. The Balaban J connectivity index is 1.32. The second-order valence-electron chi connectivity index (χ2n) is 7.37. The Hall–Kier alpha value is -2.70. The Morgan fingerprint density at radius 1 is 0.964 bits per heavy atom. The Bertz CT molecular complexity index is 800. The van der Waals surface area contributed by atoms with E-state index in [2.05, 4.69) is 15.1 Å². The fourth-order valence-electron chi connectivity index (χ4n) is 3.84. The molecule has 0 atom stereocenters. The fourth-order valence-corrected chi connectivity index (χ4v) is 3.84. The van der Waals surface area contributed by atoms with Gasteiger partial charge in [-0.15, -0.1) is 10.2 Å². The van der Waals surface area contributed by atoms with Gasteiger partial charge in [-0.2, -0.15) is 0 Å². The van der Waals surface area contributed by atoms with E-state index in [0.29, 0.717) is 32.1 Å². The minimum atomic E-state index is -0.477. The number of halogens is 1. The summed E-state index contributed by atoms with van der Waals surface area (Å²) in [6.07, 6.45) is 6.14. The van der Waals surface area contributed by atoms with Crippen LogP contribution in [0.2, 0.25) is 0 Å². The van der Waals surface area contributed by atoms with Crippen molar-refractivity contribution >= 4 is 11.7 Å². The van der Waals surface area contributed by atoms with E-state index in [1.807, 2.05) is 12.1 Å². The van der Waals surface area contributed by atoms with Crippen LogP contribution in [0, 0.1) is 5.82 Å². The molecule has 1 saturated heterocycles. The van der Waals surface area contributed by atoms with Crippen molar-refractivity contribution in [2.24, 2.45) is 0 Å².